The molecule has 7 N–H and O–H groups in total. The van der Waals surface area contributed by atoms with Gasteiger partial charge in [-0.3, -0.25) is 52.7 Å². The first-order valence-corrected chi connectivity index (χ1v) is 26.6. The van der Waals surface area contributed by atoms with Crippen molar-refractivity contribution in [2.45, 2.75) is 241 Å². The number of rotatable bonds is 26. The Bertz CT molecular complexity index is 2370. The summed E-state index contributed by atoms with van der Waals surface area (Å²) in [7, 11) is 0. The van der Waals surface area contributed by atoms with Crippen LogP contribution in [0.15, 0.2) is 24.3 Å². The van der Waals surface area contributed by atoms with E-state index in [9.17, 15) is 65.9 Å². The number of carbonyl (C=O) groups is 11. The van der Waals surface area contributed by atoms with Gasteiger partial charge >= 0.3 is 24.1 Å². The Morgan fingerprint density at radius 2 is 0.963 bits per heavy atom. The zero-order valence-corrected chi connectivity index (χ0v) is 49.9. The summed E-state index contributed by atoms with van der Waals surface area (Å²) in [5.41, 5.74) is -3.87. The lowest BCUT2D eigenvalue weighted by molar-refractivity contribution is -0.158. The number of ketones is 1. The summed E-state index contributed by atoms with van der Waals surface area (Å²) in [4.78, 5) is 150. The number of hydrogen-bond donors (Lipinski definition) is 7. The van der Waals surface area contributed by atoms with Crippen LogP contribution in [0, 0.1) is 18.3 Å². The second-order valence-electron chi connectivity index (χ2n) is 25.3. The van der Waals surface area contributed by atoms with Crippen LogP contribution in [-0.2, 0) is 73.4 Å². The van der Waals surface area contributed by atoms with Crippen LogP contribution >= 0.6 is 0 Å². The van der Waals surface area contributed by atoms with Gasteiger partial charge in [-0.1, -0.05) is 58.9 Å². The van der Waals surface area contributed by atoms with E-state index in [-0.39, 0.29) is 18.8 Å². The number of halogens is 3. The monoisotopic (exact) mass is 1140 g/mol. The van der Waals surface area contributed by atoms with Crippen LogP contribution in [0.3, 0.4) is 0 Å². The van der Waals surface area contributed by atoms with Crippen molar-refractivity contribution in [1.29, 1.82) is 0 Å². The van der Waals surface area contributed by atoms with Gasteiger partial charge < -0.3 is 51.4 Å². The van der Waals surface area contributed by atoms with E-state index in [0.717, 1.165) is 0 Å². The molecular weight excluding hydrogens is 1050 g/mol. The largest absolute Gasteiger partial charge is 0.460 e. The highest BCUT2D eigenvalue weighted by Gasteiger charge is 2.42. The van der Waals surface area contributed by atoms with Crippen molar-refractivity contribution < 1.29 is 80.1 Å². The fourth-order valence-corrected chi connectivity index (χ4v) is 7.52. The van der Waals surface area contributed by atoms with Gasteiger partial charge in [-0.25, -0.2) is 0 Å². The number of esters is 3. The van der Waals surface area contributed by atoms with E-state index in [0.29, 0.717) is 11.1 Å². The summed E-state index contributed by atoms with van der Waals surface area (Å²) >= 11 is 0. The Labute approximate surface area is 468 Å². The Morgan fingerprint density at radius 1 is 0.512 bits per heavy atom. The molecule has 0 saturated carbocycles. The van der Waals surface area contributed by atoms with Crippen molar-refractivity contribution in [3.8, 4) is 0 Å². The molecule has 24 heteroatoms. The van der Waals surface area contributed by atoms with Gasteiger partial charge in [0.05, 0.1) is 19.3 Å². The van der Waals surface area contributed by atoms with Gasteiger partial charge in [-0.15, -0.1) is 0 Å². The predicted octanol–water partition coefficient (Wildman–Crippen LogP) is 4.95. The molecule has 0 aliphatic rings. The molecule has 1 aromatic rings. The highest BCUT2D eigenvalue weighted by Crippen LogP contribution is 2.24. The summed E-state index contributed by atoms with van der Waals surface area (Å²) in [6.07, 6.45) is -9.89. The lowest BCUT2D eigenvalue weighted by Gasteiger charge is -2.34. The average molecular weight is 1140 g/mol. The van der Waals surface area contributed by atoms with Crippen LogP contribution < -0.4 is 37.2 Å². The summed E-state index contributed by atoms with van der Waals surface area (Å²) in [6, 6.07) is -3.70. The first kappa shape index (κ1) is 71.4. The molecule has 0 saturated heterocycles. The molecule has 0 aliphatic carbocycles. The van der Waals surface area contributed by atoms with Crippen molar-refractivity contribution in [3.05, 3.63) is 35.4 Å². The maximum atomic E-state index is 14.7. The van der Waals surface area contributed by atoms with Crippen LogP contribution in [-0.4, -0.2) is 130 Å². The molecule has 0 bridgehead atoms. The fraction of sp³-hybridized carbons (Fsp3) is 0.696. The van der Waals surface area contributed by atoms with Crippen molar-refractivity contribution in [3.63, 3.8) is 0 Å². The molecular formula is C56H88F3N7O14. The third kappa shape index (κ3) is 29.6. The molecule has 7 amide bonds. The molecule has 1 unspecified atom stereocenters. The SMILES string of the molecule is Cc1ccccc1C[C@H](NC(=O)[C@H](CCC(=O)OC(C)(C)C)NC(=O)[C@H](CC(=O)OC(C)(C)C)NC(=O)CCC(=O)OC(C)(C)C)C(=O)N[C@H](C(=O)N[C@@H](CC(C)C)C(=O)NC(CC(F)(F)F)C(=O)C(=O)NC(C)(C)C)C(C)(C)C. The summed E-state index contributed by atoms with van der Waals surface area (Å²) in [6.45, 7) is 28.6. The second-order valence-corrected chi connectivity index (χ2v) is 25.3. The Morgan fingerprint density at radius 3 is 1.45 bits per heavy atom. The van der Waals surface area contributed by atoms with E-state index < -0.39 is 174 Å². The van der Waals surface area contributed by atoms with E-state index in [1.54, 1.807) is 128 Å². The van der Waals surface area contributed by atoms with E-state index in [1.807, 2.05) is 5.32 Å². The van der Waals surface area contributed by atoms with Gasteiger partial charge in [0.1, 0.15) is 53.1 Å². The summed E-state index contributed by atoms with van der Waals surface area (Å²) < 4.78 is 57.6. The lowest BCUT2D eigenvalue weighted by Crippen LogP contribution is -2.62. The lowest BCUT2D eigenvalue weighted by atomic mass is 9.85. The molecule has 452 valence electrons. The smallest absolute Gasteiger partial charge is 0.391 e. The van der Waals surface area contributed by atoms with Gasteiger partial charge in [0.15, 0.2) is 0 Å². The Balaban J connectivity index is 3.85. The molecule has 0 fully saturated rings. The van der Waals surface area contributed by atoms with Crippen LogP contribution in [0.2, 0.25) is 0 Å². The van der Waals surface area contributed by atoms with Crippen molar-refractivity contribution in [2.24, 2.45) is 11.3 Å². The zero-order chi connectivity index (χ0) is 62.1. The Kier molecular flexibility index (Phi) is 26.5. The maximum absolute atomic E-state index is 14.7. The molecule has 21 nitrogen and oxygen atoms in total. The van der Waals surface area contributed by atoms with Crippen LogP contribution in [0.1, 0.15) is 174 Å². The molecule has 0 aliphatic heterocycles. The van der Waals surface area contributed by atoms with Gasteiger partial charge in [0.2, 0.25) is 41.2 Å². The minimum absolute atomic E-state index is 0.180. The standard InChI is InChI=1S/C56H88F3N7O14/c1-31(2)27-35(46(73)64-38(30-56(57,58)59)43(71)49(76)66-52(7,8)9)63-50(77)44(51(4,5)6)65-48(75)36(28-33-22-20-19-21-32(33)3)62-45(72)34(23-25-40(68)78-53(10,11)12)61-47(74)37(29-42(70)80-55(16,17)18)60-39(67)24-26-41(69)79-54(13,14)15/h19-22,31,34-38,44H,23-30H2,1-18H3,(H,60,67)(H,61,74)(H,62,72)(H,63,77)(H,64,73)(H,65,75)(H,66,76)/t34-,35-,36-,37-,38?,44+/m0/s1. The number of Topliss-reactive ketones (excluding diaryl/α,β-unsaturated/α-hetero) is 1. The molecule has 1 aromatic carbocycles. The van der Waals surface area contributed by atoms with Crippen molar-refractivity contribution >= 4 is 65.0 Å². The predicted molar refractivity (Wildman–Crippen MR) is 290 cm³/mol. The van der Waals surface area contributed by atoms with Crippen LogP contribution in [0.25, 0.3) is 0 Å². The average Bonchev–Trinajstić information content (AvgIpc) is 3.24. The van der Waals surface area contributed by atoms with Gasteiger partial charge in [0, 0.05) is 24.8 Å². The molecule has 1 rings (SSSR count). The van der Waals surface area contributed by atoms with E-state index in [1.165, 1.54) is 20.8 Å². The first-order valence-electron chi connectivity index (χ1n) is 26.6. The van der Waals surface area contributed by atoms with Gasteiger partial charge in [-0.05, 0) is 125 Å². The minimum Gasteiger partial charge on any atom is -0.460 e. The van der Waals surface area contributed by atoms with Crippen LogP contribution in [0.4, 0.5) is 13.2 Å². The topological polar surface area (TPSA) is 300 Å². The number of nitrogens with one attached hydrogen (secondary N) is 7. The summed E-state index contributed by atoms with van der Waals surface area (Å²) in [5, 5.41) is 17.0. The van der Waals surface area contributed by atoms with Crippen molar-refractivity contribution in [1.82, 2.24) is 37.2 Å². The van der Waals surface area contributed by atoms with E-state index in [4.69, 9.17) is 14.2 Å². The number of carbonyl (C=O) groups excluding carboxylic acids is 11. The molecule has 6 atom stereocenters. The zero-order valence-electron chi connectivity index (χ0n) is 49.9. The minimum atomic E-state index is -5.02. The fourth-order valence-electron chi connectivity index (χ4n) is 7.52. The number of benzene rings is 1. The molecule has 80 heavy (non-hydrogen) atoms. The number of amides is 7. The number of aryl methyl sites for hydroxylation is 1. The summed E-state index contributed by atoms with van der Waals surface area (Å²) in [5.74, 6) is -12.0. The van der Waals surface area contributed by atoms with E-state index >= 15 is 0 Å². The van der Waals surface area contributed by atoms with Gasteiger partial charge in [0.25, 0.3) is 5.91 Å². The third-order valence-corrected chi connectivity index (χ3v) is 11.0. The second kappa shape index (κ2) is 29.7. The number of hydrogen-bond acceptors (Lipinski definition) is 14. The van der Waals surface area contributed by atoms with Crippen molar-refractivity contribution in [2.75, 3.05) is 0 Å². The molecule has 0 spiro atoms. The molecule has 0 heterocycles. The number of ether oxygens (including phenoxy) is 3. The first-order chi connectivity index (χ1) is 36.1. The van der Waals surface area contributed by atoms with Gasteiger partial charge in [-0.2, -0.15) is 13.2 Å². The van der Waals surface area contributed by atoms with E-state index in [2.05, 4.69) is 31.9 Å². The Hall–Kier alpha value is -6.62. The third-order valence-electron chi connectivity index (χ3n) is 11.0. The quantitative estimate of drug-likeness (QED) is 0.0367. The highest BCUT2D eigenvalue weighted by molar-refractivity contribution is 6.38. The van der Waals surface area contributed by atoms with Crippen LogP contribution in [0.5, 0.6) is 0 Å². The maximum Gasteiger partial charge on any atom is 0.391 e. The highest BCUT2D eigenvalue weighted by atomic mass is 19.4. The molecule has 0 aromatic heterocycles. The normalized spacial score (nSPS) is 14.6. The molecule has 0 radical (unpaired) electrons. The number of alkyl halides is 3.